The number of amides is 1. The molecule has 0 aromatic carbocycles. The number of aromatic nitrogens is 2. The second kappa shape index (κ2) is 4.36. The fourth-order valence-corrected chi connectivity index (χ4v) is 1.60. The zero-order valence-electron chi connectivity index (χ0n) is 9.77. The topological polar surface area (TPSA) is 108 Å². The fourth-order valence-electron chi connectivity index (χ4n) is 1.60. The largest absolute Gasteiger partial charge is 0.478 e. The molecule has 0 saturated heterocycles. The molecule has 7 nitrogen and oxygen atoms in total. The maximum atomic E-state index is 11.8. The number of anilines is 1. The molecule has 3 N–H and O–H groups in total. The van der Waals surface area contributed by atoms with Gasteiger partial charge in [-0.25, -0.2) is 9.78 Å². The van der Waals surface area contributed by atoms with Crippen LogP contribution in [0.5, 0.6) is 0 Å². The number of aromatic carboxylic acids is 1. The molecule has 0 fully saturated rings. The van der Waals surface area contributed by atoms with Gasteiger partial charge in [0.1, 0.15) is 5.56 Å². The van der Waals surface area contributed by atoms with Crippen LogP contribution in [0, 0.1) is 13.8 Å². The SMILES string of the molecule is Cc1ncoc1C(=O)Nc1c[nH]c(C)c1C(=O)O. The number of carbonyl (C=O) groups is 2. The Bertz CT molecular complexity index is 612. The molecule has 7 heteroatoms. The summed E-state index contributed by atoms with van der Waals surface area (Å²) < 4.78 is 4.92. The summed E-state index contributed by atoms with van der Waals surface area (Å²) >= 11 is 0. The van der Waals surface area contributed by atoms with E-state index in [0.29, 0.717) is 11.4 Å². The summed E-state index contributed by atoms with van der Waals surface area (Å²) in [5.41, 5.74) is 1.13. The molecule has 94 valence electrons. The summed E-state index contributed by atoms with van der Waals surface area (Å²) in [5, 5.41) is 11.5. The number of rotatable bonds is 3. The maximum Gasteiger partial charge on any atom is 0.339 e. The Hall–Kier alpha value is -2.57. The van der Waals surface area contributed by atoms with Gasteiger partial charge in [-0.05, 0) is 13.8 Å². The number of carboxylic acids is 1. The third kappa shape index (κ3) is 1.97. The number of nitrogens with one attached hydrogen (secondary N) is 2. The van der Waals surface area contributed by atoms with Crippen LogP contribution in [-0.2, 0) is 0 Å². The summed E-state index contributed by atoms with van der Waals surface area (Å²) in [5.74, 6) is -1.59. The van der Waals surface area contributed by atoms with Crippen LogP contribution in [0.1, 0.15) is 32.3 Å². The van der Waals surface area contributed by atoms with Crippen molar-refractivity contribution in [2.75, 3.05) is 5.32 Å². The Morgan fingerprint density at radius 2 is 2.17 bits per heavy atom. The molecule has 2 heterocycles. The lowest BCUT2D eigenvalue weighted by molar-refractivity contribution is 0.0697. The fraction of sp³-hybridized carbons (Fsp3) is 0.182. The molecular weight excluding hydrogens is 238 g/mol. The molecule has 2 aromatic rings. The molecule has 0 bridgehead atoms. The van der Waals surface area contributed by atoms with Crippen LogP contribution in [0.3, 0.4) is 0 Å². The minimum Gasteiger partial charge on any atom is -0.478 e. The van der Waals surface area contributed by atoms with Gasteiger partial charge in [-0.15, -0.1) is 0 Å². The van der Waals surface area contributed by atoms with Gasteiger partial charge in [-0.2, -0.15) is 0 Å². The van der Waals surface area contributed by atoms with Crippen LogP contribution in [0.25, 0.3) is 0 Å². The maximum absolute atomic E-state index is 11.8. The van der Waals surface area contributed by atoms with E-state index in [2.05, 4.69) is 15.3 Å². The minimum absolute atomic E-state index is 0.0283. The van der Waals surface area contributed by atoms with Crippen molar-refractivity contribution in [2.24, 2.45) is 0 Å². The van der Waals surface area contributed by atoms with E-state index in [0.717, 1.165) is 6.39 Å². The highest BCUT2D eigenvalue weighted by atomic mass is 16.4. The predicted molar refractivity (Wildman–Crippen MR) is 61.7 cm³/mol. The van der Waals surface area contributed by atoms with Crippen molar-refractivity contribution in [1.82, 2.24) is 9.97 Å². The van der Waals surface area contributed by atoms with Crippen LogP contribution in [-0.4, -0.2) is 27.0 Å². The van der Waals surface area contributed by atoms with Crippen LogP contribution in [0.15, 0.2) is 17.0 Å². The van der Waals surface area contributed by atoms with E-state index >= 15 is 0 Å². The lowest BCUT2D eigenvalue weighted by Crippen LogP contribution is -2.14. The molecule has 0 saturated carbocycles. The molecule has 0 aliphatic rings. The lowest BCUT2D eigenvalue weighted by Gasteiger charge is -2.02. The first-order chi connectivity index (χ1) is 8.50. The Kier molecular flexibility index (Phi) is 2.88. The Morgan fingerprint density at radius 1 is 1.44 bits per heavy atom. The van der Waals surface area contributed by atoms with E-state index in [-0.39, 0.29) is 17.0 Å². The summed E-state index contributed by atoms with van der Waals surface area (Å²) in [6, 6.07) is 0. The molecule has 0 aliphatic heterocycles. The number of hydrogen-bond donors (Lipinski definition) is 3. The number of aromatic amines is 1. The van der Waals surface area contributed by atoms with Gasteiger partial charge in [0, 0.05) is 11.9 Å². The Morgan fingerprint density at radius 3 is 2.72 bits per heavy atom. The molecule has 0 aliphatic carbocycles. The molecule has 0 atom stereocenters. The van der Waals surface area contributed by atoms with Gasteiger partial charge >= 0.3 is 5.97 Å². The van der Waals surface area contributed by atoms with Crippen LogP contribution >= 0.6 is 0 Å². The average molecular weight is 249 g/mol. The van der Waals surface area contributed by atoms with E-state index in [1.54, 1.807) is 13.8 Å². The number of carboxylic acid groups (broad SMARTS) is 1. The second-order valence-corrected chi connectivity index (χ2v) is 3.73. The first-order valence-corrected chi connectivity index (χ1v) is 5.13. The van der Waals surface area contributed by atoms with Crippen molar-refractivity contribution in [2.45, 2.75) is 13.8 Å². The number of nitrogens with zero attached hydrogens (tertiary/aromatic N) is 1. The normalized spacial score (nSPS) is 10.3. The molecule has 18 heavy (non-hydrogen) atoms. The smallest absolute Gasteiger partial charge is 0.339 e. The molecule has 0 radical (unpaired) electrons. The van der Waals surface area contributed by atoms with Crippen molar-refractivity contribution >= 4 is 17.6 Å². The van der Waals surface area contributed by atoms with Crippen molar-refractivity contribution in [1.29, 1.82) is 0 Å². The molecule has 2 aromatic heterocycles. The third-order valence-electron chi connectivity index (χ3n) is 2.49. The number of H-pyrrole nitrogens is 1. The highest BCUT2D eigenvalue weighted by molar-refractivity contribution is 6.07. The van der Waals surface area contributed by atoms with Gasteiger partial charge in [-0.1, -0.05) is 0 Å². The first kappa shape index (κ1) is 11.9. The standard InChI is InChI=1S/C11H11N3O4/c1-5-8(11(16)17)7(3-12-5)14-10(15)9-6(2)13-4-18-9/h3-4,12H,1-2H3,(H,14,15)(H,16,17). The summed E-state index contributed by atoms with van der Waals surface area (Å²) in [6.07, 6.45) is 2.58. The quantitative estimate of drug-likeness (QED) is 0.765. The molecule has 2 rings (SSSR count). The lowest BCUT2D eigenvalue weighted by atomic mass is 10.2. The van der Waals surface area contributed by atoms with Crippen molar-refractivity contribution in [3.05, 3.63) is 35.3 Å². The summed E-state index contributed by atoms with van der Waals surface area (Å²) in [4.78, 5) is 29.4. The van der Waals surface area contributed by atoms with E-state index in [1.165, 1.54) is 6.20 Å². The number of aryl methyl sites for hydroxylation is 2. The summed E-state index contributed by atoms with van der Waals surface area (Å²) in [6.45, 7) is 3.23. The zero-order valence-corrected chi connectivity index (χ0v) is 9.77. The van der Waals surface area contributed by atoms with Crippen molar-refractivity contribution in [3.8, 4) is 0 Å². The first-order valence-electron chi connectivity index (χ1n) is 5.13. The monoisotopic (exact) mass is 249 g/mol. The third-order valence-corrected chi connectivity index (χ3v) is 2.49. The average Bonchev–Trinajstić information content (AvgIpc) is 2.85. The molecule has 0 spiro atoms. The van der Waals surface area contributed by atoms with Crippen LogP contribution in [0.2, 0.25) is 0 Å². The van der Waals surface area contributed by atoms with Crippen molar-refractivity contribution < 1.29 is 19.1 Å². The van der Waals surface area contributed by atoms with Crippen LogP contribution < -0.4 is 5.32 Å². The molecule has 1 amide bonds. The minimum atomic E-state index is -1.11. The van der Waals surface area contributed by atoms with Gasteiger partial charge in [0.25, 0.3) is 5.91 Å². The van der Waals surface area contributed by atoms with Gasteiger partial charge in [-0.3, -0.25) is 4.79 Å². The van der Waals surface area contributed by atoms with E-state index < -0.39 is 11.9 Å². The molecular formula is C11H11N3O4. The van der Waals surface area contributed by atoms with Gasteiger partial charge in [0.15, 0.2) is 6.39 Å². The van der Waals surface area contributed by atoms with Gasteiger partial charge < -0.3 is 19.8 Å². The van der Waals surface area contributed by atoms with E-state index in [1.807, 2.05) is 0 Å². The number of carbonyl (C=O) groups excluding carboxylic acids is 1. The van der Waals surface area contributed by atoms with Crippen molar-refractivity contribution in [3.63, 3.8) is 0 Å². The van der Waals surface area contributed by atoms with Gasteiger partial charge in [0.05, 0.1) is 11.4 Å². The number of hydrogen-bond acceptors (Lipinski definition) is 4. The van der Waals surface area contributed by atoms with E-state index in [4.69, 9.17) is 9.52 Å². The second-order valence-electron chi connectivity index (χ2n) is 3.73. The zero-order chi connectivity index (χ0) is 13.3. The van der Waals surface area contributed by atoms with Crippen LogP contribution in [0.4, 0.5) is 5.69 Å². The van der Waals surface area contributed by atoms with Gasteiger partial charge in [0.2, 0.25) is 5.76 Å². The summed E-state index contributed by atoms with van der Waals surface area (Å²) in [7, 11) is 0. The Labute approximate surface area is 102 Å². The Balaban J connectivity index is 2.28. The predicted octanol–water partition coefficient (Wildman–Crippen LogP) is 1.57. The van der Waals surface area contributed by atoms with E-state index in [9.17, 15) is 9.59 Å². The number of oxazole rings is 1. The highest BCUT2D eigenvalue weighted by Gasteiger charge is 2.20. The highest BCUT2D eigenvalue weighted by Crippen LogP contribution is 2.20. The molecule has 0 unspecified atom stereocenters.